The van der Waals surface area contributed by atoms with E-state index in [1.165, 1.54) is 3.97 Å². The number of nitrogens with zero attached hydrogens (tertiary/aromatic N) is 1. The molecule has 4 rings (SSSR count). The lowest BCUT2D eigenvalue weighted by Crippen LogP contribution is -2.22. The Morgan fingerprint density at radius 2 is 1.80 bits per heavy atom. The van der Waals surface area contributed by atoms with Crippen molar-refractivity contribution in [3.8, 4) is 0 Å². The molecule has 2 aromatic carbocycles. The number of rotatable bonds is 4. The van der Waals surface area contributed by atoms with Gasteiger partial charge in [0.05, 0.1) is 22.2 Å². The molecule has 1 aliphatic rings. The van der Waals surface area contributed by atoms with Gasteiger partial charge in [-0.15, -0.1) is 0 Å². The summed E-state index contributed by atoms with van der Waals surface area (Å²) in [6.07, 6.45) is 2.56. The van der Waals surface area contributed by atoms with Crippen molar-refractivity contribution in [3.05, 3.63) is 65.9 Å². The molecule has 0 fully saturated rings. The van der Waals surface area contributed by atoms with Gasteiger partial charge in [0.1, 0.15) is 0 Å². The second-order valence-electron chi connectivity index (χ2n) is 6.30. The van der Waals surface area contributed by atoms with Crippen LogP contribution in [0.2, 0.25) is 0 Å². The number of aryl methyl sites for hydroxylation is 1. The predicted molar refractivity (Wildman–Crippen MR) is 98.3 cm³/mol. The number of ether oxygens (including phenoxy) is 1. The lowest BCUT2D eigenvalue weighted by atomic mass is 9.93. The molecule has 0 aliphatic heterocycles. The molecular formula is C20H21NO3S. The molecule has 0 saturated carbocycles. The van der Waals surface area contributed by atoms with Gasteiger partial charge in [0.2, 0.25) is 0 Å². The fraction of sp³-hybridized carbons (Fsp3) is 0.300. The van der Waals surface area contributed by atoms with Crippen LogP contribution in [0.3, 0.4) is 0 Å². The lowest BCUT2D eigenvalue weighted by molar-refractivity contribution is 0.0467. The first kappa shape index (κ1) is 16.4. The molecule has 1 unspecified atom stereocenters. The van der Waals surface area contributed by atoms with E-state index < -0.39 is 10.0 Å². The lowest BCUT2D eigenvalue weighted by Gasteiger charge is -2.25. The van der Waals surface area contributed by atoms with Crippen LogP contribution in [-0.2, 0) is 21.2 Å². The monoisotopic (exact) mass is 355 g/mol. The van der Waals surface area contributed by atoms with Gasteiger partial charge in [-0.05, 0) is 49.9 Å². The maximum Gasteiger partial charge on any atom is 0.268 e. The maximum atomic E-state index is 13.4. The van der Waals surface area contributed by atoms with Crippen LogP contribution in [0.25, 0.3) is 10.9 Å². The van der Waals surface area contributed by atoms with Crippen LogP contribution < -0.4 is 0 Å². The summed E-state index contributed by atoms with van der Waals surface area (Å²) >= 11 is 0. The zero-order valence-corrected chi connectivity index (χ0v) is 15.0. The molecule has 0 N–H and O–H groups in total. The van der Waals surface area contributed by atoms with E-state index in [-0.39, 0.29) is 6.10 Å². The number of hydrogen-bond acceptors (Lipinski definition) is 3. The van der Waals surface area contributed by atoms with E-state index in [2.05, 4.69) is 0 Å². The topological polar surface area (TPSA) is 48.3 Å². The molecule has 0 radical (unpaired) electrons. The van der Waals surface area contributed by atoms with Crippen molar-refractivity contribution in [3.63, 3.8) is 0 Å². The molecule has 0 bridgehead atoms. The van der Waals surface area contributed by atoms with Crippen molar-refractivity contribution < 1.29 is 13.2 Å². The summed E-state index contributed by atoms with van der Waals surface area (Å²) in [7, 11) is -3.68. The Hall–Kier alpha value is -2.11. The van der Waals surface area contributed by atoms with Crippen molar-refractivity contribution in [2.24, 2.45) is 0 Å². The van der Waals surface area contributed by atoms with Crippen LogP contribution in [-0.4, -0.2) is 19.0 Å². The normalized spacial score (nSPS) is 17.6. The second-order valence-corrected chi connectivity index (χ2v) is 8.09. The fourth-order valence-corrected chi connectivity index (χ4v) is 5.42. The molecule has 0 saturated heterocycles. The second kappa shape index (κ2) is 6.32. The molecule has 1 atom stereocenters. The zero-order chi connectivity index (χ0) is 17.4. The third-order valence-electron chi connectivity index (χ3n) is 4.82. The molecule has 1 aliphatic carbocycles. The van der Waals surface area contributed by atoms with Gasteiger partial charge in [0, 0.05) is 12.0 Å². The number of benzene rings is 2. The molecule has 1 heterocycles. The quantitative estimate of drug-likeness (QED) is 0.701. The van der Waals surface area contributed by atoms with Crippen LogP contribution in [0.4, 0.5) is 0 Å². The fourth-order valence-electron chi connectivity index (χ4n) is 3.81. The number of fused-ring (bicyclic) bond motifs is 3. The van der Waals surface area contributed by atoms with Crippen LogP contribution in [0.5, 0.6) is 0 Å². The molecule has 5 heteroatoms. The van der Waals surface area contributed by atoms with Gasteiger partial charge < -0.3 is 4.74 Å². The maximum absolute atomic E-state index is 13.4. The summed E-state index contributed by atoms with van der Waals surface area (Å²) in [6.45, 7) is 2.52. The molecule has 1 aromatic heterocycles. The largest absolute Gasteiger partial charge is 0.372 e. The Bertz CT molecular complexity index is 1010. The molecule has 4 nitrogen and oxygen atoms in total. The van der Waals surface area contributed by atoms with Crippen molar-refractivity contribution in [1.82, 2.24) is 3.97 Å². The highest BCUT2D eigenvalue weighted by molar-refractivity contribution is 7.90. The first-order valence-electron chi connectivity index (χ1n) is 8.69. The minimum atomic E-state index is -3.68. The van der Waals surface area contributed by atoms with E-state index in [1.54, 1.807) is 24.3 Å². The third kappa shape index (κ3) is 2.58. The predicted octanol–water partition coefficient (Wildman–Crippen LogP) is 4.29. The minimum Gasteiger partial charge on any atom is -0.372 e. The summed E-state index contributed by atoms with van der Waals surface area (Å²) < 4.78 is 34.3. The summed E-state index contributed by atoms with van der Waals surface area (Å²) in [5, 5.41) is 1.02. The average molecular weight is 355 g/mol. The van der Waals surface area contributed by atoms with Gasteiger partial charge in [0.15, 0.2) is 0 Å². The van der Waals surface area contributed by atoms with Gasteiger partial charge in [-0.2, -0.15) is 0 Å². The Morgan fingerprint density at radius 3 is 2.56 bits per heavy atom. The van der Waals surface area contributed by atoms with E-state index in [4.69, 9.17) is 4.74 Å². The standard InChI is InChI=1S/C20H21NO3S/c1-2-24-19-14-8-12-17-16-11-6-7-13-18(16)21(20(17)19)25(22,23)15-9-4-3-5-10-15/h3-7,9-11,13,19H,2,8,12,14H2,1H3. The molecular weight excluding hydrogens is 334 g/mol. The van der Waals surface area contributed by atoms with Crippen molar-refractivity contribution in [1.29, 1.82) is 0 Å². The van der Waals surface area contributed by atoms with Gasteiger partial charge in [-0.1, -0.05) is 36.4 Å². The van der Waals surface area contributed by atoms with Gasteiger partial charge in [-0.25, -0.2) is 12.4 Å². The van der Waals surface area contributed by atoms with E-state index in [1.807, 2.05) is 37.3 Å². The van der Waals surface area contributed by atoms with Gasteiger partial charge in [-0.3, -0.25) is 0 Å². The van der Waals surface area contributed by atoms with Crippen molar-refractivity contribution in [2.45, 2.75) is 37.2 Å². The third-order valence-corrected chi connectivity index (χ3v) is 6.57. The van der Waals surface area contributed by atoms with E-state index in [9.17, 15) is 8.42 Å². The first-order chi connectivity index (χ1) is 12.1. The summed E-state index contributed by atoms with van der Waals surface area (Å²) in [4.78, 5) is 0.305. The Morgan fingerprint density at radius 1 is 1.08 bits per heavy atom. The zero-order valence-electron chi connectivity index (χ0n) is 14.2. The van der Waals surface area contributed by atoms with E-state index in [0.717, 1.165) is 41.4 Å². The Balaban J connectivity index is 2.05. The highest BCUT2D eigenvalue weighted by Gasteiger charge is 2.33. The summed E-state index contributed by atoms with van der Waals surface area (Å²) in [6, 6.07) is 16.4. The van der Waals surface area contributed by atoms with E-state index in [0.29, 0.717) is 11.5 Å². The molecule has 25 heavy (non-hydrogen) atoms. The SMILES string of the molecule is CCOC1CCCc2c1n(S(=O)(=O)c1ccccc1)c1ccccc21. The Kier molecular flexibility index (Phi) is 4.13. The van der Waals surface area contributed by atoms with Crippen LogP contribution in [0.1, 0.15) is 37.1 Å². The summed E-state index contributed by atoms with van der Waals surface area (Å²) in [5.41, 5.74) is 2.65. The first-order valence-corrected chi connectivity index (χ1v) is 10.1. The number of aromatic nitrogens is 1. The molecule has 3 aromatic rings. The van der Waals surface area contributed by atoms with Crippen LogP contribution >= 0.6 is 0 Å². The molecule has 0 amide bonds. The number of hydrogen-bond donors (Lipinski definition) is 0. The molecule has 0 spiro atoms. The number of para-hydroxylation sites is 1. The average Bonchev–Trinajstić information content (AvgIpc) is 2.99. The van der Waals surface area contributed by atoms with E-state index >= 15 is 0 Å². The minimum absolute atomic E-state index is 0.181. The van der Waals surface area contributed by atoms with Crippen LogP contribution in [0.15, 0.2) is 59.5 Å². The highest BCUT2D eigenvalue weighted by atomic mass is 32.2. The smallest absolute Gasteiger partial charge is 0.268 e. The van der Waals surface area contributed by atoms with Crippen molar-refractivity contribution in [2.75, 3.05) is 6.61 Å². The highest BCUT2D eigenvalue weighted by Crippen LogP contribution is 2.40. The van der Waals surface area contributed by atoms with Crippen LogP contribution in [0, 0.1) is 0 Å². The Labute approximate surface area is 148 Å². The summed E-state index contributed by atoms with van der Waals surface area (Å²) in [5.74, 6) is 0. The van der Waals surface area contributed by atoms with Gasteiger partial charge >= 0.3 is 0 Å². The molecule has 130 valence electrons. The van der Waals surface area contributed by atoms with Crippen molar-refractivity contribution >= 4 is 20.9 Å². The van der Waals surface area contributed by atoms with Gasteiger partial charge in [0.25, 0.3) is 10.0 Å².